The van der Waals surface area contributed by atoms with Gasteiger partial charge in [-0.2, -0.15) is 0 Å². The highest BCUT2D eigenvalue weighted by molar-refractivity contribution is 5.99. The molecule has 1 aromatic heterocycles. The lowest BCUT2D eigenvalue weighted by Crippen LogP contribution is -2.29. The molecule has 0 atom stereocenters. The first-order valence-corrected chi connectivity index (χ1v) is 4.97. The number of ether oxygens (including phenoxy) is 1. The molecule has 7 nitrogen and oxygen atoms in total. The summed E-state index contributed by atoms with van der Waals surface area (Å²) in [5.41, 5.74) is 5.87. The first-order chi connectivity index (χ1) is 8.15. The van der Waals surface area contributed by atoms with E-state index in [-0.39, 0.29) is 19.1 Å². The van der Waals surface area contributed by atoms with Gasteiger partial charge in [-0.3, -0.25) is 9.78 Å². The van der Waals surface area contributed by atoms with Crippen LogP contribution in [0.3, 0.4) is 0 Å². The Morgan fingerprint density at radius 1 is 1.53 bits per heavy atom. The number of nitrogens with one attached hydrogen (secondary N) is 2. The molecular weight excluding hydrogens is 224 g/mol. The van der Waals surface area contributed by atoms with Crippen LogP contribution in [-0.2, 0) is 4.74 Å². The number of carbonyl (C=O) groups excluding carboxylic acids is 2. The number of carbonyl (C=O) groups is 2. The number of amides is 2. The highest BCUT2D eigenvalue weighted by atomic mass is 16.5. The Labute approximate surface area is 98.4 Å². The van der Waals surface area contributed by atoms with Crippen molar-refractivity contribution in [2.75, 3.05) is 25.5 Å². The van der Waals surface area contributed by atoms with Gasteiger partial charge in [0, 0.05) is 13.2 Å². The first-order valence-electron chi connectivity index (χ1n) is 4.97. The summed E-state index contributed by atoms with van der Waals surface area (Å²) in [4.78, 5) is 25.9. The minimum atomic E-state index is -0.862. The predicted molar refractivity (Wildman–Crippen MR) is 61.7 cm³/mol. The fourth-order valence-corrected chi connectivity index (χ4v) is 1.20. The van der Waals surface area contributed by atoms with Crippen LogP contribution in [0, 0.1) is 0 Å². The average molecular weight is 238 g/mol. The summed E-state index contributed by atoms with van der Waals surface area (Å²) in [5, 5.41) is 5.45. The number of primary amides is 1. The maximum atomic E-state index is 11.7. The molecule has 0 unspecified atom stereocenters. The van der Waals surface area contributed by atoms with Crippen LogP contribution in [-0.4, -0.2) is 37.2 Å². The van der Waals surface area contributed by atoms with Gasteiger partial charge in [0.1, 0.15) is 6.61 Å². The molecule has 4 N–H and O–H groups in total. The van der Waals surface area contributed by atoms with E-state index in [4.69, 9.17) is 5.73 Å². The van der Waals surface area contributed by atoms with E-state index < -0.39 is 6.09 Å². The van der Waals surface area contributed by atoms with Crippen molar-refractivity contribution >= 4 is 17.7 Å². The maximum absolute atomic E-state index is 11.7. The molecule has 2 amide bonds. The van der Waals surface area contributed by atoms with Crippen molar-refractivity contribution in [1.82, 2.24) is 10.3 Å². The van der Waals surface area contributed by atoms with Crippen LogP contribution in [0.25, 0.3) is 0 Å². The zero-order valence-corrected chi connectivity index (χ0v) is 9.40. The molecule has 0 fully saturated rings. The lowest BCUT2D eigenvalue weighted by atomic mass is 10.2. The summed E-state index contributed by atoms with van der Waals surface area (Å²) in [5.74, 6) is -0.273. The standard InChI is InChI=1S/C10H14N4O3/c1-12-8-6-13-3-2-7(8)9(15)14-4-5-17-10(11)16/h2-3,6,12H,4-5H2,1H3,(H2,11,16)(H,14,15). The van der Waals surface area contributed by atoms with Crippen LogP contribution >= 0.6 is 0 Å². The molecule has 0 bridgehead atoms. The second kappa shape index (κ2) is 6.31. The number of nitrogens with two attached hydrogens (primary N) is 1. The number of nitrogens with zero attached hydrogens (tertiary/aromatic N) is 1. The van der Waals surface area contributed by atoms with E-state index in [0.717, 1.165) is 0 Å². The van der Waals surface area contributed by atoms with Gasteiger partial charge in [0.05, 0.1) is 24.0 Å². The molecule has 0 aliphatic heterocycles. The summed E-state index contributed by atoms with van der Waals surface area (Å²) in [6.45, 7) is 0.244. The Bertz CT molecular complexity index is 408. The topological polar surface area (TPSA) is 106 Å². The van der Waals surface area contributed by atoms with Gasteiger partial charge in [0.15, 0.2) is 0 Å². The summed E-state index contributed by atoms with van der Waals surface area (Å²) >= 11 is 0. The van der Waals surface area contributed by atoms with Crippen LogP contribution in [0.4, 0.5) is 10.5 Å². The van der Waals surface area contributed by atoms with Gasteiger partial charge in [0.25, 0.3) is 5.91 Å². The third-order valence-corrected chi connectivity index (χ3v) is 1.97. The number of anilines is 1. The smallest absolute Gasteiger partial charge is 0.404 e. The Morgan fingerprint density at radius 3 is 2.94 bits per heavy atom. The molecule has 17 heavy (non-hydrogen) atoms. The molecule has 1 heterocycles. The van der Waals surface area contributed by atoms with Crippen molar-refractivity contribution in [3.05, 3.63) is 24.0 Å². The lowest BCUT2D eigenvalue weighted by Gasteiger charge is -2.08. The van der Waals surface area contributed by atoms with Gasteiger partial charge in [0.2, 0.25) is 0 Å². The second-order valence-corrected chi connectivity index (χ2v) is 3.09. The molecule has 92 valence electrons. The van der Waals surface area contributed by atoms with Crippen molar-refractivity contribution in [3.63, 3.8) is 0 Å². The van der Waals surface area contributed by atoms with Crippen LogP contribution in [0.2, 0.25) is 0 Å². The lowest BCUT2D eigenvalue weighted by molar-refractivity contribution is 0.0937. The molecule has 1 rings (SSSR count). The quantitative estimate of drug-likeness (QED) is 0.623. The van der Waals surface area contributed by atoms with Crippen molar-refractivity contribution in [3.8, 4) is 0 Å². The molecular formula is C10H14N4O3. The van der Waals surface area contributed by atoms with Crippen LogP contribution in [0.15, 0.2) is 18.5 Å². The van der Waals surface area contributed by atoms with Gasteiger partial charge < -0.3 is 21.1 Å². The predicted octanol–water partition coefficient (Wildman–Crippen LogP) is -0.0516. The minimum Gasteiger partial charge on any atom is -0.448 e. The molecule has 0 saturated carbocycles. The van der Waals surface area contributed by atoms with E-state index in [1.54, 1.807) is 19.3 Å². The Kier molecular flexibility index (Phi) is 4.74. The van der Waals surface area contributed by atoms with Crippen molar-refractivity contribution in [1.29, 1.82) is 0 Å². The fourth-order valence-electron chi connectivity index (χ4n) is 1.20. The molecule has 0 aliphatic rings. The third kappa shape index (κ3) is 3.98. The number of pyridine rings is 1. The minimum absolute atomic E-state index is 0.0427. The van der Waals surface area contributed by atoms with Crippen LogP contribution in [0.5, 0.6) is 0 Å². The normalized spacial score (nSPS) is 9.47. The van der Waals surface area contributed by atoms with E-state index >= 15 is 0 Å². The van der Waals surface area contributed by atoms with E-state index in [0.29, 0.717) is 11.3 Å². The fraction of sp³-hybridized carbons (Fsp3) is 0.300. The van der Waals surface area contributed by atoms with E-state index in [2.05, 4.69) is 20.4 Å². The zero-order chi connectivity index (χ0) is 12.7. The van der Waals surface area contributed by atoms with Gasteiger partial charge in [-0.25, -0.2) is 4.79 Å². The molecule has 0 saturated heterocycles. The first kappa shape index (κ1) is 12.8. The van der Waals surface area contributed by atoms with Gasteiger partial charge in [-0.05, 0) is 6.07 Å². The summed E-state index contributed by atoms with van der Waals surface area (Å²) in [6, 6.07) is 1.59. The molecule has 1 aromatic rings. The van der Waals surface area contributed by atoms with E-state index in [1.165, 1.54) is 6.20 Å². The zero-order valence-electron chi connectivity index (χ0n) is 9.40. The molecule has 0 spiro atoms. The van der Waals surface area contributed by atoms with E-state index in [1.807, 2.05) is 0 Å². The van der Waals surface area contributed by atoms with Crippen molar-refractivity contribution in [2.24, 2.45) is 5.73 Å². The van der Waals surface area contributed by atoms with Gasteiger partial charge >= 0.3 is 6.09 Å². The second-order valence-electron chi connectivity index (χ2n) is 3.09. The molecule has 0 radical (unpaired) electrons. The Hall–Kier alpha value is -2.31. The highest BCUT2D eigenvalue weighted by Gasteiger charge is 2.09. The number of hydrogen-bond acceptors (Lipinski definition) is 5. The SMILES string of the molecule is CNc1cnccc1C(=O)NCCOC(N)=O. The van der Waals surface area contributed by atoms with Gasteiger partial charge in [-0.1, -0.05) is 0 Å². The summed E-state index contributed by atoms with van der Waals surface area (Å²) in [7, 11) is 1.70. The van der Waals surface area contributed by atoms with Crippen LogP contribution < -0.4 is 16.4 Å². The maximum Gasteiger partial charge on any atom is 0.404 e. The number of hydrogen-bond donors (Lipinski definition) is 3. The monoisotopic (exact) mass is 238 g/mol. The van der Waals surface area contributed by atoms with Gasteiger partial charge in [-0.15, -0.1) is 0 Å². The van der Waals surface area contributed by atoms with Crippen molar-refractivity contribution in [2.45, 2.75) is 0 Å². The number of rotatable bonds is 5. The summed E-state index contributed by atoms with van der Waals surface area (Å²) in [6.07, 6.45) is 2.21. The Morgan fingerprint density at radius 2 is 2.29 bits per heavy atom. The molecule has 0 aromatic carbocycles. The molecule has 0 aliphatic carbocycles. The summed E-state index contributed by atoms with van der Waals surface area (Å²) < 4.78 is 4.48. The average Bonchev–Trinajstić information content (AvgIpc) is 2.34. The van der Waals surface area contributed by atoms with Crippen LogP contribution in [0.1, 0.15) is 10.4 Å². The third-order valence-electron chi connectivity index (χ3n) is 1.97. The van der Waals surface area contributed by atoms with Crippen molar-refractivity contribution < 1.29 is 14.3 Å². The molecule has 7 heteroatoms. The highest BCUT2D eigenvalue weighted by Crippen LogP contribution is 2.11. The van der Waals surface area contributed by atoms with E-state index in [9.17, 15) is 9.59 Å². The number of aromatic nitrogens is 1. The largest absolute Gasteiger partial charge is 0.448 e. The Balaban J connectivity index is 2.49.